The Morgan fingerprint density at radius 2 is 2.17 bits per heavy atom. The van der Waals surface area contributed by atoms with Gasteiger partial charge in [-0.2, -0.15) is 0 Å². The first-order chi connectivity index (χ1) is 8.47. The first kappa shape index (κ1) is 13.3. The highest BCUT2D eigenvalue weighted by atomic mass is 35.5. The highest BCUT2D eigenvalue weighted by Crippen LogP contribution is 2.32. The van der Waals surface area contributed by atoms with E-state index in [2.05, 4.69) is 0 Å². The number of rotatable bonds is 3. The van der Waals surface area contributed by atoms with E-state index < -0.39 is 0 Å². The summed E-state index contributed by atoms with van der Waals surface area (Å²) >= 11 is 5.91. The summed E-state index contributed by atoms with van der Waals surface area (Å²) in [6, 6.07) is 4.61. The summed E-state index contributed by atoms with van der Waals surface area (Å²) in [6.45, 7) is 2.37. The zero-order chi connectivity index (χ0) is 13.3. The maximum Gasteiger partial charge on any atom is 0.253 e. The molecular formula is C14H17ClFNO. The van der Waals surface area contributed by atoms with Crippen LogP contribution in [0.4, 0.5) is 4.39 Å². The molecule has 1 saturated carbocycles. The minimum atomic E-state index is -0.335. The number of nitrogens with zero attached hydrogens (tertiary/aromatic N) is 1. The average Bonchev–Trinajstić information content (AvgIpc) is 2.29. The summed E-state index contributed by atoms with van der Waals surface area (Å²) < 4.78 is 13.4. The molecule has 0 heterocycles. The van der Waals surface area contributed by atoms with Gasteiger partial charge in [-0.05, 0) is 43.4 Å². The minimum absolute atomic E-state index is 0.132. The van der Waals surface area contributed by atoms with Crippen LogP contribution < -0.4 is 0 Å². The van der Waals surface area contributed by atoms with Crippen LogP contribution in [0.25, 0.3) is 0 Å². The van der Waals surface area contributed by atoms with Gasteiger partial charge < -0.3 is 4.90 Å². The fourth-order valence-corrected chi connectivity index (χ4v) is 2.72. The van der Waals surface area contributed by atoms with Crippen LogP contribution >= 0.6 is 11.6 Å². The van der Waals surface area contributed by atoms with Gasteiger partial charge in [-0.25, -0.2) is 4.39 Å². The van der Waals surface area contributed by atoms with Gasteiger partial charge in [0.15, 0.2) is 0 Å². The SMILES string of the molecule is Cc1ccc(C(=O)N(C)CC2CC(Cl)C2)cc1F. The maximum absolute atomic E-state index is 13.4. The van der Waals surface area contributed by atoms with Crippen molar-refractivity contribution in [2.45, 2.75) is 25.1 Å². The zero-order valence-electron chi connectivity index (χ0n) is 10.6. The summed E-state index contributed by atoms with van der Waals surface area (Å²) in [7, 11) is 1.75. The van der Waals surface area contributed by atoms with Crippen LogP contribution in [0.3, 0.4) is 0 Å². The second-order valence-corrected chi connectivity index (χ2v) is 5.70. The number of benzene rings is 1. The number of carbonyl (C=O) groups is 1. The Hall–Kier alpha value is -1.09. The van der Waals surface area contributed by atoms with Gasteiger partial charge in [-0.3, -0.25) is 4.79 Å². The van der Waals surface area contributed by atoms with Crippen LogP contribution in [-0.4, -0.2) is 29.8 Å². The molecule has 18 heavy (non-hydrogen) atoms. The van der Waals surface area contributed by atoms with E-state index in [0.29, 0.717) is 23.6 Å². The third-order valence-electron chi connectivity index (χ3n) is 3.48. The molecule has 1 aliphatic rings. The normalized spacial score (nSPS) is 22.4. The van der Waals surface area contributed by atoms with Crippen molar-refractivity contribution in [3.05, 3.63) is 35.1 Å². The van der Waals surface area contributed by atoms with Crippen molar-refractivity contribution in [2.75, 3.05) is 13.6 Å². The van der Waals surface area contributed by atoms with Crippen LogP contribution in [0.1, 0.15) is 28.8 Å². The molecule has 1 aromatic rings. The van der Waals surface area contributed by atoms with Crippen molar-refractivity contribution in [3.63, 3.8) is 0 Å². The van der Waals surface area contributed by atoms with Crippen LogP contribution in [-0.2, 0) is 0 Å². The second-order valence-electron chi connectivity index (χ2n) is 5.08. The van der Waals surface area contributed by atoms with Crippen LogP contribution in [0, 0.1) is 18.7 Å². The third kappa shape index (κ3) is 2.83. The molecule has 1 amide bonds. The summed E-state index contributed by atoms with van der Waals surface area (Å²) in [5, 5.41) is 0.260. The minimum Gasteiger partial charge on any atom is -0.341 e. The molecule has 2 nitrogen and oxygen atoms in total. The lowest BCUT2D eigenvalue weighted by Crippen LogP contribution is -2.37. The average molecular weight is 270 g/mol. The largest absolute Gasteiger partial charge is 0.341 e. The summed E-state index contributed by atoms with van der Waals surface area (Å²) in [5.74, 6) is 0.0161. The van der Waals surface area contributed by atoms with Crippen molar-refractivity contribution >= 4 is 17.5 Å². The lowest BCUT2D eigenvalue weighted by Gasteiger charge is -2.34. The first-order valence-electron chi connectivity index (χ1n) is 6.13. The third-order valence-corrected chi connectivity index (χ3v) is 3.83. The van der Waals surface area contributed by atoms with E-state index in [4.69, 9.17) is 11.6 Å². The molecule has 0 saturated heterocycles. The van der Waals surface area contributed by atoms with Gasteiger partial charge in [0, 0.05) is 24.5 Å². The molecule has 0 atom stereocenters. The van der Waals surface area contributed by atoms with Gasteiger partial charge in [0.2, 0.25) is 0 Å². The molecule has 0 bridgehead atoms. The summed E-state index contributed by atoms with van der Waals surface area (Å²) in [5.41, 5.74) is 0.959. The predicted molar refractivity (Wildman–Crippen MR) is 70.5 cm³/mol. The fourth-order valence-electron chi connectivity index (χ4n) is 2.22. The molecule has 1 fully saturated rings. The topological polar surface area (TPSA) is 20.3 Å². The van der Waals surface area contributed by atoms with Gasteiger partial charge in [0.1, 0.15) is 5.82 Å². The molecular weight excluding hydrogens is 253 g/mol. The Labute approximate surface area is 112 Å². The first-order valence-corrected chi connectivity index (χ1v) is 6.56. The van der Waals surface area contributed by atoms with Crippen LogP contribution in [0.15, 0.2) is 18.2 Å². The monoisotopic (exact) mass is 269 g/mol. The number of aryl methyl sites for hydroxylation is 1. The molecule has 0 unspecified atom stereocenters. The Kier molecular flexibility index (Phi) is 3.91. The molecule has 98 valence electrons. The van der Waals surface area contributed by atoms with Crippen LogP contribution in [0.2, 0.25) is 0 Å². The number of halogens is 2. The highest BCUT2D eigenvalue weighted by Gasteiger charge is 2.29. The molecule has 0 aromatic heterocycles. The number of amides is 1. The summed E-state index contributed by atoms with van der Waals surface area (Å²) in [4.78, 5) is 13.7. The Morgan fingerprint density at radius 3 is 2.72 bits per heavy atom. The predicted octanol–water partition coefficient (Wildman–Crippen LogP) is 3.22. The number of hydrogen-bond donors (Lipinski definition) is 0. The van der Waals surface area contributed by atoms with Gasteiger partial charge in [0.25, 0.3) is 5.91 Å². The van der Waals surface area contributed by atoms with Gasteiger partial charge in [0.05, 0.1) is 0 Å². The standard InChI is InChI=1S/C14H17ClFNO/c1-9-3-4-11(7-13(9)16)14(18)17(2)8-10-5-12(15)6-10/h3-4,7,10,12H,5-6,8H2,1-2H3. The Morgan fingerprint density at radius 1 is 1.50 bits per heavy atom. The van der Waals surface area contributed by atoms with E-state index in [-0.39, 0.29) is 17.1 Å². The molecule has 0 aliphatic heterocycles. The van der Waals surface area contributed by atoms with E-state index in [9.17, 15) is 9.18 Å². The second kappa shape index (κ2) is 5.27. The molecule has 1 aliphatic carbocycles. The van der Waals surface area contributed by atoms with Gasteiger partial charge in [-0.1, -0.05) is 6.07 Å². The Bertz CT molecular complexity index is 457. The van der Waals surface area contributed by atoms with E-state index in [1.165, 1.54) is 6.07 Å². The van der Waals surface area contributed by atoms with Crippen LogP contribution in [0.5, 0.6) is 0 Å². The lowest BCUT2D eigenvalue weighted by molar-refractivity contribution is 0.0746. The molecule has 2 rings (SSSR count). The zero-order valence-corrected chi connectivity index (χ0v) is 11.4. The van der Waals surface area contributed by atoms with Crippen molar-refractivity contribution in [1.82, 2.24) is 4.90 Å². The summed E-state index contributed by atoms with van der Waals surface area (Å²) in [6.07, 6.45) is 1.92. The van der Waals surface area contributed by atoms with E-state index in [0.717, 1.165) is 12.8 Å². The van der Waals surface area contributed by atoms with Crippen molar-refractivity contribution in [2.24, 2.45) is 5.92 Å². The van der Waals surface area contributed by atoms with E-state index in [1.807, 2.05) is 0 Å². The lowest BCUT2D eigenvalue weighted by atomic mass is 9.84. The van der Waals surface area contributed by atoms with E-state index in [1.54, 1.807) is 31.0 Å². The number of alkyl halides is 1. The maximum atomic E-state index is 13.4. The highest BCUT2D eigenvalue weighted by molar-refractivity contribution is 6.21. The smallest absolute Gasteiger partial charge is 0.253 e. The number of hydrogen-bond acceptors (Lipinski definition) is 1. The van der Waals surface area contributed by atoms with E-state index >= 15 is 0 Å². The number of carbonyl (C=O) groups excluding carboxylic acids is 1. The molecule has 1 aromatic carbocycles. The quantitative estimate of drug-likeness (QED) is 0.772. The molecule has 0 radical (unpaired) electrons. The van der Waals surface area contributed by atoms with Crippen molar-refractivity contribution in [1.29, 1.82) is 0 Å². The molecule has 0 spiro atoms. The van der Waals surface area contributed by atoms with Crippen molar-refractivity contribution < 1.29 is 9.18 Å². The van der Waals surface area contributed by atoms with Crippen molar-refractivity contribution in [3.8, 4) is 0 Å². The fraction of sp³-hybridized carbons (Fsp3) is 0.500. The Balaban J connectivity index is 1.99. The van der Waals surface area contributed by atoms with Gasteiger partial charge >= 0.3 is 0 Å². The van der Waals surface area contributed by atoms with Gasteiger partial charge in [-0.15, -0.1) is 11.6 Å². The molecule has 4 heteroatoms. The molecule has 0 N–H and O–H groups in total.